The number of nitrogens with one attached hydrogen (secondary N) is 1. The molecule has 1 fully saturated rings. The molecule has 1 saturated heterocycles. The van der Waals surface area contributed by atoms with Crippen molar-refractivity contribution in [3.8, 4) is 0 Å². The van der Waals surface area contributed by atoms with Gasteiger partial charge >= 0.3 is 0 Å². The zero-order valence-corrected chi connectivity index (χ0v) is 16.0. The molecule has 0 radical (unpaired) electrons. The molecule has 5 heteroatoms. The molecule has 0 bridgehead atoms. The van der Waals surface area contributed by atoms with E-state index < -0.39 is 10.0 Å². The summed E-state index contributed by atoms with van der Waals surface area (Å²) >= 11 is 0. The first-order valence-electron chi connectivity index (χ1n) is 9.77. The van der Waals surface area contributed by atoms with Gasteiger partial charge in [-0.15, -0.1) is 0 Å². The SMILES string of the molecule is O=S(=O)(c1ccc2c(c1)C1C=CCC1C(c1ccccc1)N2)N1CCCC1. The highest BCUT2D eigenvalue weighted by Gasteiger charge is 2.38. The fourth-order valence-corrected chi connectivity index (χ4v) is 6.35. The van der Waals surface area contributed by atoms with Gasteiger partial charge in [-0.05, 0) is 54.5 Å². The van der Waals surface area contributed by atoms with Gasteiger partial charge in [0.15, 0.2) is 0 Å². The minimum absolute atomic E-state index is 0.250. The highest BCUT2D eigenvalue weighted by molar-refractivity contribution is 7.89. The third-order valence-electron chi connectivity index (χ3n) is 6.20. The summed E-state index contributed by atoms with van der Waals surface area (Å²) in [5, 5.41) is 3.68. The van der Waals surface area contributed by atoms with Crippen LogP contribution >= 0.6 is 0 Å². The first-order chi connectivity index (χ1) is 13.1. The molecule has 3 aliphatic rings. The predicted octanol–water partition coefficient (Wildman–Crippen LogP) is 4.30. The molecule has 3 unspecified atom stereocenters. The Morgan fingerprint density at radius 3 is 2.56 bits per heavy atom. The smallest absolute Gasteiger partial charge is 0.243 e. The number of hydrogen-bond acceptors (Lipinski definition) is 3. The van der Waals surface area contributed by atoms with Crippen molar-refractivity contribution in [3.05, 3.63) is 71.8 Å². The summed E-state index contributed by atoms with van der Waals surface area (Å²) in [6.07, 6.45) is 7.42. The topological polar surface area (TPSA) is 49.4 Å². The van der Waals surface area contributed by atoms with Crippen molar-refractivity contribution in [2.45, 2.75) is 36.1 Å². The monoisotopic (exact) mass is 380 g/mol. The normalized spacial score (nSPS) is 27.2. The molecule has 0 saturated carbocycles. The average molecular weight is 381 g/mol. The van der Waals surface area contributed by atoms with E-state index in [2.05, 4.69) is 41.7 Å². The lowest BCUT2D eigenvalue weighted by molar-refractivity contribution is 0.424. The number of anilines is 1. The van der Waals surface area contributed by atoms with E-state index in [1.54, 1.807) is 10.4 Å². The molecular weight excluding hydrogens is 356 g/mol. The van der Waals surface area contributed by atoms with Gasteiger partial charge in [-0.2, -0.15) is 4.31 Å². The molecule has 5 rings (SSSR count). The van der Waals surface area contributed by atoms with Crippen molar-refractivity contribution >= 4 is 15.7 Å². The van der Waals surface area contributed by atoms with Crippen LogP contribution in [-0.4, -0.2) is 25.8 Å². The first-order valence-corrected chi connectivity index (χ1v) is 11.2. The molecule has 140 valence electrons. The number of sulfonamides is 1. The Kier molecular flexibility index (Phi) is 4.10. The Bertz CT molecular complexity index is 979. The van der Waals surface area contributed by atoms with Crippen LogP contribution in [0, 0.1) is 5.92 Å². The summed E-state index contributed by atoms with van der Waals surface area (Å²) in [4.78, 5) is 0.433. The summed E-state index contributed by atoms with van der Waals surface area (Å²) < 4.78 is 27.6. The molecule has 2 aliphatic heterocycles. The number of hydrogen-bond donors (Lipinski definition) is 1. The van der Waals surface area contributed by atoms with Gasteiger partial charge in [-0.25, -0.2) is 8.42 Å². The van der Waals surface area contributed by atoms with E-state index in [4.69, 9.17) is 0 Å². The summed E-state index contributed by atoms with van der Waals surface area (Å²) in [6, 6.07) is 16.4. The van der Waals surface area contributed by atoms with Gasteiger partial charge in [0.05, 0.1) is 10.9 Å². The van der Waals surface area contributed by atoms with Gasteiger partial charge < -0.3 is 5.32 Å². The second kappa shape index (κ2) is 6.50. The molecule has 1 N–H and O–H groups in total. The zero-order chi connectivity index (χ0) is 18.4. The first kappa shape index (κ1) is 17.0. The van der Waals surface area contributed by atoms with Crippen LogP contribution in [0.25, 0.3) is 0 Å². The Hall–Kier alpha value is -2.11. The van der Waals surface area contributed by atoms with Crippen molar-refractivity contribution in [1.82, 2.24) is 4.31 Å². The lowest BCUT2D eigenvalue weighted by atomic mass is 9.77. The lowest BCUT2D eigenvalue weighted by Gasteiger charge is -2.37. The largest absolute Gasteiger partial charge is 0.378 e. The van der Waals surface area contributed by atoms with E-state index in [0.29, 0.717) is 23.9 Å². The highest BCUT2D eigenvalue weighted by Crippen LogP contribution is 2.50. The predicted molar refractivity (Wildman–Crippen MR) is 107 cm³/mol. The van der Waals surface area contributed by atoms with Gasteiger partial charge in [0.2, 0.25) is 10.0 Å². The maximum Gasteiger partial charge on any atom is 0.243 e. The Balaban J connectivity index is 1.54. The second-order valence-electron chi connectivity index (χ2n) is 7.75. The lowest BCUT2D eigenvalue weighted by Crippen LogP contribution is -2.30. The quantitative estimate of drug-likeness (QED) is 0.808. The van der Waals surface area contributed by atoms with E-state index in [1.165, 1.54) is 5.56 Å². The van der Waals surface area contributed by atoms with E-state index in [9.17, 15) is 8.42 Å². The van der Waals surface area contributed by atoms with E-state index in [1.807, 2.05) is 18.2 Å². The van der Waals surface area contributed by atoms with Crippen LogP contribution < -0.4 is 5.32 Å². The fourth-order valence-electron chi connectivity index (χ4n) is 4.80. The van der Waals surface area contributed by atoms with Crippen LogP contribution in [0.1, 0.15) is 42.3 Å². The Morgan fingerprint density at radius 2 is 1.78 bits per heavy atom. The molecule has 3 atom stereocenters. The number of allylic oxidation sites excluding steroid dienone is 2. The third kappa shape index (κ3) is 2.80. The molecule has 1 aliphatic carbocycles. The van der Waals surface area contributed by atoms with Crippen molar-refractivity contribution in [1.29, 1.82) is 0 Å². The number of benzene rings is 2. The van der Waals surface area contributed by atoms with Crippen molar-refractivity contribution in [3.63, 3.8) is 0 Å². The minimum Gasteiger partial charge on any atom is -0.378 e. The summed E-state index contributed by atoms with van der Waals surface area (Å²) in [7, 11) is -3.39. The van der Waals surface area contributed by atoms with Gasteiger partial charge in [0, 0.05) is 24.7 Å². The number of rotatable bonds is 3. The van der Waals surface area contributed by atoms with Crippen LogP contribution in [0.5, 0.6) is 0 Å². The molecular formula is C22H24N2O2S. The summed E-state index contributed by atoms with van der Waals surface area (Å²) in [5.41, 5.74) is 3.45. The van der Waals surface area contributed by atoms with E-state index in [-0.39, 0.29) is 12.0 Å². The van der Waals surface area contributed by atoms with Crippen LogP contribution in [0.15, 0.2) is 65.6 Å². The average Bonchev–Trinajstić information content (AvgIpc) is 3.40. The van der Waals surface area contributed by atoms with E-state index in [0.717, 1.165) is 30.5 Å². The Labute approximate surface area is 161 Å². The molecule has 0 amide bonds. The minimum atomic E-state index is -3.39. The molecule has 2 heterocycles. The summed E-state index contributed by atoms with van der Waals surface area (Å²) in [5.74, 6) is 0.685. The van der Waals surface area contributed by atoms with Crippen molar-refractivity contribution in [2.75, 3.05) is 18.4 Å². The molecule has 4 nitrogen and oxygen atoms in total. The molecule has 27 heavy (non-hydrogen) atoms. The molecule has 0 spiro atoms. The molecule has 2 aromatic rings. The van der Waals surface area contributed by atoms with Crippen molar-refractivity contribution in [2.24, 2.45) is 5.92 Å². The van der Waals surface area contributed by atoms with Crippen LogP contribution in [0.2, 0.25) is 0 Å². The Morgan fingerprint density at radius 1 is 1.00 bits per heavy atom. The van der Waals surface area contributed by atoms with Crippen LogP contribution in [0.4, 0.5) is 5.69 Å². The van der Waals surface area contributed by atoms with Gasteiger partial charge in [0.25, 0.3) is 0 Å². The van der Waals surface area contributed by atoms with Gasteiger partial charge in [0.1, 0.15) is 0 Å². The molecule has 2 aromatic carbocycles. The summed E-state index contributed by atoms with van der Waals surface area (Å²) in [6.45, 7) is 1.28. The van der Waals surface area contributed by atoms with Crippen molar-refractivity contribution < 1.29 is 8.42 Å². The van der Waals surface area contributed by atoms with E-state index >= 15 is 0 Å². The van der Waals surface area contributed by atoms with Gasteiger partial charge in [-0.1, -0.05) is 42.5 Å². The maximum atomic E-state index is 13.0. The maximum absolute atomic E-state index is 13.0. The number of fused-ring (bicyclic) bond motifs is 3. The van der Waals surface area contributed by atoms with Crippen LogP contribution in [-0.2, 0) is 10.0 Å². The highest BCUT2D eigenvalue weighted by atomic mass is 32.2. The zero-order valence-electron chi connectivity index (χ0n) is 15.2. The van der Waals surface area contributed by atoms with Gasteiger partial charge in [-0.3, -0.25) is 0 Å². The number of nitrogens with zero attached hydrogens (tertiary/aromatic N) is 1. The van der Waals surface area contributed by atoms with Crippen LogP contribution in [0.3, 0.4) is 0 Å². The fraction of sp³-hybridized carbons (Fsp3) is 0.364. The second-order valence-corrected chi connectivity index (χ2v) is 9.68. The third-order valence-corrected chi connectivity index (χ3v) is 8.09. The standard InChI is InChI=1S/C22H24N2O2S/c25-27(26,24-13-4-5-14-24)17-11-12-21-20(15-17)18-9-6-10-19(18)22(23-21)16-7-2-1-3-8-16/h1-3,6-9,11-12,15,18-19,22-23H,4-5,10,13-14H2. The molecule has 0 aromatic heterocycles.